The fourth-order valence-electron chi connectivity index (χ4n) is 2.66. The molecule has 0 aromatic heterocycles. The molecule has 2 atom stereocenters. The third-order valence-corrected chi connectivity index (χ3v) is 3.95. The molecule has 0 fully saturated rings. The summed E-state index contributed by atoms with van der Waals surface area (Å²) in [5, 5.41) is 0. The minimum absolute atomic E-state index is 0.119. The zero-order chi connectivity index (χ0) is 14.6. The molecule has 3 heteroatoms. The summed E-state index contributed by atoms with van der Waals surface area (Å²) in [5.74, 6) is 0. The number of allylic oxidation sites excluding steroid dienone is 2. The van der Waals surface area contributed by atoms with Crippen LogP contribution in [-0.2, 0) is 0 Å². The van der Waals surface area contributed by atoms with Gasteiger partial charge in [-0.3, -0.25) is 9.89 Å². The molecule has 1 rings (SSSR count). The molecule has 0 aromatic rings. The predicted molar refractivity (Wildman–Crippen MR) is 89.0 cm³/mol. The SMILES string of the molecule is CCCCC/C=C/CCCCCC1N=CCN1C(C)N. The lowest BCUT2D eigenvalue weighted by molar-refractivity contribution is 0.182. The topological polar surface area (TPSA) is 41.6 Å². The van der Waals surface area contributed by atoms with Crippen molar-refractivity contribution in [2.24, 2.45) is 10.7 Å². The normalized spacial score (nSPS) is 21.1. The fourth-order valence-corrected chi connectivity index (χ4v) is 2.66. The summed E-state index contributed by atoms with van der Waals surface area (Å²) in [6, 6.07) is 0. The van der Waals surface area contributed by atoms with Crippen molar-refractivity contribution in [1.29, 1.82) is 0 Å². The van der Waals surface area contributed by atoms with E-state index in [1.54, 1.807) is 0 Å². The molecule has 0 aromatic carbocycles. The minimum atomic E-state index is 0.119. The van der Waals surface area contributed by atoms with Crippen LogP contribution in [0.3, 0.4) is 0 Å². The van der Waals surface area contributed by atoms with Gasteiger partial charge in [-0.05, 0) is 45.4 Å². The molecule has 0 spiro atoms. The Bertz CT molecular complexity index is 284. The Balaban J connectivity index is 1.95. The second-order valence-electron chi connectivity index (χ2n) is 5.85. The fraction of sp³-hybridized carbons (Fsp3) is 0.824. The van der Waals surface area contributed by atoms with Gasteiger partial charge in [-0.15, -0.1) is 0 Å². The van der Waals surface area contributed by atoms with Crippen molar-refractivity contribution < 1.29 is 0 Å². The maximum Gasteiger partial charge on any atom is 0.103 e. The summed E-state index contributed by atoms with van der Waals surface area (Å²) in [4.78, 5) is 6.79. The molecule has 1 heterocycles. The number of nitrogens with two attached hydrogens (primary N) is 1. The Morgan fingerprint density at radius 2 is 1.90 bits per heavy atom. The van der Waals surface area contributed by atoms with E-state index in [0.717, 1.165) is 13.0 Å². The van der Waals surface area contributed by atoms with Crippen molar-refractivity contribution in [3.8, 4) is 0 Å². The molecule has 0 aliphatic carbocycles. The number of hydrogen-bond donors (Lipinski definition) is 1. The first kappa shape index (κ1) is 17.4. The number of unbranched alkanes of at least 4 members (excludes halogenated alkanes) is 6. The monoisotopic (exact) mass is 279 g/mol. The van der Waals surface area contributed by atoms with Gasteiger partial charge >= 0.3 is 0 Å². The van der Waals surface area contributed by atoms with Gasteiger partial charge in [-0.1, -0.05) is 38.3 Å². The van der Waals surface area contributed by atoms with Crippen LogP contribution >= 0.6 is 0 Å². The van der Waals surface area contributed by atoms with Gasteiger partial charge in [0.05, 0.1) is 6.17 Å². The van der Waals surface area contributed by atoms with Crippen LogP contribution in [0.2, 0.25) is 0 Å². The van der Waals surface area contributed by atoms with E-state index in [-0.39, 0.29) is 6.17 Å². The van der Waals surface area contributed by atoms with Crippen LogP contribution in [0.15, 0.2) is 17.1 Å². The van der Waals surface area contributed by atoms with E-state index >= 15 is 0 Å². The molecule has 1 aliphatic rings. The first-order valence-electron chi connectivity index (χ1n) is 8.43. The van der Waals surface area contributed by atoms with E-state index in [9.17, 15) is 0 Å². The second-order valence-corrected chi connectivity index (χ2v) is 5.85. The predicted octanol–water partition coefficient (Wildman–Crippen LogP) is 4.09. The number of rotatable bonds is 11. The van der Waals surface area contributed by atoms with Crippen LogP contribution in [0.1, 0.15) is 71.6 Å². The van der Waals surface area contributed by atoms with E-state index in [1.807, 2.05) is 13.1 Å². The Morgan fingerprint density at radius 1 is 1.20 bits per heavy atom. The van der Waals surface area contributed by atoms with Gasteiger partial charge < -0.3 is 5.73 Å². The summed E-state index contributed by atoms with van der Waals surface area (Å²) < 4.78 is 0. The third kappa shape index (κ3) is 7.20. The van der Waals surface area contributed by atoms with Crippen molar-refractivity contribution in [1.82, 2.24) is 4.90 Å². The maximum absolute atomic E-state index is 5.94. The molecule has 2 unspecified atom stereocenters. The van der Waals surface area contributed by atoms with Gasteiger partial charge in [-0.2, -0.15) is 0 Å². The Hall–Kier alpha value is -0.670. The van der Waals surface area contributed by atoms with Crippen LogP contribution in [0.4, 0.5) is 0 Å². The van der Waals surface area contributed by atoms with Crippen molar-refractivity contribution in [3.63, 3.8) is 0 Å². The summed E-state index contributed by atoms with van der Waals surface area (Å²) in [5.41, 5.74) is 5.94. The zero-order valence-corrected chi connectivity index (χ0v) is 13.4. The molecular formula is C17H33N3. The number of hydrogen-bond acceptors (Lipinski definition) is 3. The molecule has 0 saturated heterocycles. The van der Waals surface area contributed by atoms with Gasteiger partial charge in [0.2, 0.25) is 0 Å². The highest BCUT2D eigenvalue weighted by molar-refractivity contribution is 5.62. The van der Waals surface area contributed by atoms with E-state index in [0.29, 0.717) is 6.17 Å². The van der Waals surface area contributed by atoms with Crippen LogP contribution in [0, 0.1) is 0 Å². The van der Waals surface area contributed by atoms with Gasteiger partial charge in [0.1, 0.15) is 6.17 Å². The Kier molecular flexibility index (Phi) is 9.60. The van der Waals surface area contributed by atoms with E-state index in [2.05, 4.69) is 29.0 Å². The smallest absolute Gasteiger partial charge is 0.103 e. The van der Waals surface area contributed by atoms with Gasteiger partial charge in [0.15, 0.2) is 0 Å². The molecule has 3 nitrogen and oxygen atoms in total. The standard InChI is InChI=1S/C17H33N3/c1-3-4-5-6-7-8-9-10-11-12-13-17-19-14-15-20(17)16(2)18/h7-8,14,16-17H,3-6,9-13,15,18H2,1-2H3/b8-7+. The van der Waals surface area contributed by atoms with Crippen molar-refractivity contribution in [2.75, 3.05) is 6.54 Å². The van der Waals surface area contributed by atoms with E-state index in [4.69, 9.17) is 5.73 Å². The zero-order valence-electron chi connectivity index (χ0n) is 13.4. The number of aliphatic imine (C=N–C) groups is 1. The average Bonchev–Trinajstić information content (AvgIpc) is 2.89. The third-order valence-electron chi connectivity index (χ3n) is 3.95. The maximum atomic E-state index is 5.94. The quantitative estimate of drug-likeness (QED) is 0.457. The highest BCUT2D eigenvalue weighted by atomic mass is 15.3. The second kappa shape index (κ2) is 11.0. The van der Waals surface area contributed by atoms with Crippen molar-refractivity contribution >= 4 is 6.21 Å². The molecule has 1 aliphatic heterocycles. The summed E-state index contributed by atoms with van der Waals surface area (Å²) in [6.45, 7) is 5.22. The van der Waals surface area contributed by atoms with Gasteiger partial charge in [-0.25, -0.2) is 0 Å². The average molecular weight is 279 g/mol. The minimum Gasteiger partial charge on any atom is -0.316 e. The highest BCUT2D eigenvalue weighted by Gasteiger charge is 2.22. The number of nitrogens with zero attached hydrogens (tertiary/aromatic N) is 2. The molecule has 20 heavy (non-hydrogen) atoms. The van der Waals surface area contributed by atoms with Crippen LogP contribution in [-0.4, -0.2) is 30.0 Å². The Morgan fingerprint density at radius 3 is 2.55 bits per heavy atom. The molecule has 0 amide bonds. The molecule has 0 bridgehead atoms. The Labute approximate surface area is 125 Å². The molecule has 116 valence electrons. The van der Waals surface area contributed by atoms with E-state index < -0.39 is 0 Å². The summed E-state index contributed by atoms with van der Waals surface area (Å²) in [7, 11) is 0. The van der Waals surface area contributed by atoms with E-state index in [1.165, 1.54) is 51.4 Å². The van der Waals surface area contributed by atoms with Gasteiger partial charge in [0.25, 0.3) is 0 Å². The first-order chi connectivity index (χ1) is 9.75. The van der Waals surface area contributed by atoms with Crippen molar-refractivity contribution in [2.45, 2.75) is 84.0 Å². The van der Waals surface area contributed by atoms with Gasteiger partial charge in [0, 0.05) is 12.8 Å². The van der Waals surface area contributed by atoms with Crippen LogP contribution in [0.25, 0.3) is 0 Å². The molecule has 0 saturated carbocycles. The van der Waals surface area contributed by atoms with Crippen LogP contribution < -0.4 is 5.73 Å². The molecular weight excluding hydrogens is 246 g/mol. The highest BCUT2D eigenvalue weighted by Crippen LogP contribution is 2.16. The van der Waals surface area contributed by atoms with Crippen molar-refractivity contribution in [3.05, 3.63) is 12.2 Å². The molecule has 0 radical (unpaired) electrons. The molecule has 2 N–H and O–H groups in total. The lowest BCUT2D eigenvalue weighted by Gasteiger charge is -2.26. The summed E-state index contributed by atoms with van der Waals surface area (Å²) >= 11 is 0. The van der Waals surface area contributed by atoms with Crippen LogP contribution in [0.5, 0.6) is 0 Å². The lowest BCUT2D eigenvalue weighted by atomic mass is 10.1. The lowest BCUT2D eigenvalue weighted by Crippen LogP contribution is -2.43. The first-order valence-corrected chi connectivity index (χ1v) is 8.43. The largest absolute Gasteiger partial charge is 0.316 e. The summed E-state index contributed by atoms with van der Waals surface area (Å²) in [6.07, 6.45) is 18.7.